The van der Waals surface area contributed by atoms with Crippen molar-refractivity contribution in [2.45, 2.75) is 45.4 Å². The van der Waals surface area contributed by atoms with Gasteiger partial charge in [-0.2, -0.15) is 0 Å². The first kappa shape index (κ1) is 13.0. The number of carbonyl (C=O) groups excluding carboxylic acids is 1. The monoisotopic (exact) mass is 223 g/mol. The Morgan fingerprint density at radius 3 is 2.69 bits per heavy atom. The molecule has 3 heteroatoms. The predicted octanol–water partition coefficient (Wildman–Crippen LogP) is 2.93. The second-order valence-corrected chi connectivity index (χ2v) is 4.06. The summed E-state index contributed by atoms with van der Waals surface area (Å²) in [5, 5.41) is 0. The van der Waals surface area contributed by atoms with Crippen molar-refractivity contribution in [2.75, 3.05) is 6.54 Å². The molecule has 1 aromatic rings. The summed E-state index contributed by atoms with van der Waals surface area (Å²) < 4.78 is 5.41. The minimum Gasteiger partial charge on any atom is -0.458 e. The van der Waals surface area contributed by atoms with E-state index in [0.717, 1.165) is 18.6 Å². The normalized spacial score (nSPS) is 10.6. The number of carbonyl (C=O) groups is 1. The quantitative estimate of drug-likeness (QED) is 0.544. The van der Waals surface area contributed by atoms with Crippen LogP contribution in [-0.4, -0.2) is 12.3 Å². The molecule has 0 bridgehead atoms. The van der Waals surface area contributed by atoms with Crippen LogP contribution in [0.5, 0.6) is 0 Å². The largest absolute Gasteiger partial charge is 0.458 e. The van der Waals surface area contributed by atoms with E-state index in [9.17, 15) is 4.79 Å². The topological polar surface area (TPSA) is 56.2 Å². The fraction of sp³-hybridized carbons (Fsp3) is 0.615. The fourth-order valence-corrected chi connectivity index (χ4v) is 1.67. The molecule has 90 valence electrons. The lowest BCUT2D eigenvalue weighted by Gasteiger charge is -1.98. The zero-order valence-electron chi connectivity index (χ0n) is 10.00. The third-order valence-corrected chi connectivity index (χ3v) is 2.65. The van der Waals surface area contributed by atoms with Gasteiger partial charge >= 0.3 is 0 Å². The summed E-state index contributed by atoms with van der Waals surface area (Å²) in [6.07, 6.45) is 7.12. The number of hydrogen-bond acceptors (Lipinski definition) is 3. The van der Waals surface area contributed by atoms with E-state index in [1.807, 2.05) is 6.07 Å². The Morgan fingerprint density at radius 1 is 1.25 bits per heavy atom. The third kappa shape index (κ3) is 4.19. The zero-order valence-corrected chi connectivity index (χ0v) is 10.00. The first-order chi connectivity index (χ1) is 7.77. The van der Waals surface area contributed by atoms with Gasteiger partial charge in [0, 0.05) is 6.42 Å². The maximum atomic E-state index is 11.2. The van der Waals surface area contributed by atoms with E-state index >= 15 is 0 Å². The van der Waals surface area contributed by atoms with Crippen molar-refractivity contribution < 1.29 is 9.21 Å². The average molecular weight is 223 g/mol. The molecule has 0 fully saturated rings. The number of rotatable bonds is 8. The van der Waals surface area contributed by atoms with Crippen LogP contribution in [-0.2, 0) is 6.42 Å². The van der Waals surface area contributed by atoms with Crippen molar-refractivity contribution in [3.63, 3.8) is 0 Å². The van der Waals surface area contributed by atoms with Crippen molar-refractivity contribution in [3.8, 4) is 0 Å². The van der Waals surface area contributed by atoms with Gasteiger partial charge in [-0.1, -0.05) is 32.6 Å². The predicted molar refractivity (Wildman–Crippen MR) is 64.6 cm³/mol. The third-order valence-electron chi connectivity index (χ3n) is 2.65. The highest BCUT2D eigenvalue weighted by molar-refractivity contribution is 5.94. The van der Waals surface area contributed by atoms with Gasteiger partial charge in [-0.15, -0.1) is 0 Å². The molecule has 0 unspecified atom stereocenters. The Bertz CT molecular complexity index is 317. The van der Waals surface area contributed by atoms with Gasteiger partial charge in [0.15, 0.2) is 5.76 Å². The Morgan fingerprint density at radius 2 is 2.00 bits per heavy atom. The minimum atomic E-state index is -0.128. The first-order valence-corrected chi connectivity index (χ1v) is 6.10. The fourth-order valence-electron chi connectivity index (χ4n) is 1.67. The molecule has 0 spiro atoms. The van der Waals surface area contributed by atoms with Gasteiger partial charge < -0.3 is 10.2 Å². The van der Waals surface area contributed by atoms with Crippen LogP contribution in [0.4, 0.5) is 0 Å². The maximum absolute atomic E-state index is 11.2. The summed E-state index contributed by atoms with van der Waals surface area (Å²) in [6.45, 7) is 2.22. The molecule has 0 aromatic carbocycles. The highest BCUT2D eigenvalue weighted by Gasteiger charge is 2.08. The summed E-state index contributed by atoms with van der Waals surface area (Å²) in [5.41, 5.74) is 5.26. The molecule has 0 amide bonds. The maximum Gasteiger partial charge on any atom is 0.211 e. The van der Waals surface area contributed by atoms with E-state index in [1.54, 1.807) is 6.07 Å². The summed E-state index contributed by atoms with van der Waals surface area (Å²) in [5.74, 6) is 1.16. The van der Waals surface area contributed by atoms with E-state index in [0.29, 0.717) is 5.76 Å². The average Bonchev–Trinajstić information content (AvgIpc) is 2.76. The molecule has 0 saturated heterocycles. The van der Waals surface area contributed by atoms with Gasteiger partial charge in [-0.25, -0.2) is 0 Å². The molecule has 1 heterocycles. The molecule has 0 radical (unpaired) electrons. The van der Waals surface area contributed by atoms with Crippen molar-refractivity contribution in [1.82, 2.24) is 0 Å². The van der Waals surface area contributed by atoms with Crippen LogP contribution in [0.15, 0.2) is 16.5 Å². The van der Waals surface area contributed by atoms with Gasteiger partial charge in [0.2, 0.25) is 5.78 Å². The van der Waals surface area contributed by atoms with Crippen LogP contribution in [0.3, 0.4) is 0 Å². The van der Waals surface area contributed by atoms with Crippen molar-refractivity contribution in [1.29, 1.82) is 0 Å². The van der Waals surface area contributed by atoms with E-state index in [4.69, 9.17) is 10.2 Å². The van der Waals surface area contributed by atoms with E-state index < -0.39 is 0 Å². The van der Waals surface area contributed by atoms with Crippen LogP contribution in [0, 0.1) is 0 Å². The zero-order chi connectivity index (χ0) is 11.8. The summed E-state index contributed by atoms with van der Waals surface area (Å²) in [7, 11) is 0. The highest BCUT2D eigenvalue weighted by Crippen LogP contribution is 2.12. The second kappa shape index (κ2) is 7.23. The van der Waals surface area contributed by atoms with Crippen molar-refractivity contribution >= 4 is 5.78 Å². The lowest BCUT2D eigenvalue weighted by Crippen LogP contribution is -2.12. The molecule has 0 aliphatic heterocycles. The lowest BCUT2D eigenvalue weighted by molar-refractivity contribution is 0.0973. The number of nitrogens with two attached hydrogens (primary N) is 1. The lowest BCUT2D eigenvalue weighted by atomic mass is 10.1. The number of ketones is 1. The molecule has 0 aliphatic rings. The molecule has 0 saturated carbocycles. The van der Waals surface area contributed by atoms with Crippen LogP contribution in [0.1, 0.15) is 55.3 Å². The smallest absolute Gasteiger partial charge is 0.211 e. The van der Waals surface area contributed by atoms with Gasteiger partial charge in [0.05, 0.1) is 6.54 Å². The number of furan rings is 1. The first-order valence-electron chi connectivity index (χ1n) is 6.10. The molecule has 16 heavy (non-hydrogen) atoms. The Kier molecular flexibility index (Phi) is 5.86. The second-order valence-electron chi connectivity index (χ2n) is 4.06. The van der Waals surface area contributed by atoms with Crippen LogP contribution in [0.25, 0.3) is 0 Å². The number of unbranched alkanes of at least 4 members (excludes halogenated alkanes) is 4. The molecule has 1 rings (SSSR count). The van der Waals surface area contributed by atoms with E-state index in [1.165, 1.54) is 25.7 Å². The molecule has 2 N–H and O–H groups in total. The molecular formula is C13H21NO2. The van der Waals surface area contributed by atoms with Crippen LogP contribution >= 0.6 is 0 Å². The van der Waals surface area contributed by atoms with Gasteiger partial charge in [-0.3, -0.25) is 4.79 Å². The standard InChI is InChI=1S/C13H21NO2/c1-2-3-4-5-6-7-11-8-9-13(16-11)12(15)10-14/h8-9H,2-7,10,14H2,1H3. The van der Waals surface area contributed by atoms with Gasteiger partial charge in [0.1, 0.15) is 5.76 Å². The summed E-state index contributed by atoms with van der Waals surface area (Å²) >= 11 is 0. The summed E-state index contributed by atoms with van der Waals surface area (Å²) in [4.78, 5) is 11.2. The molecule has 0 atom stereocenters. The minimum absolute atomic E-state index is 0.0173. The number of Topliss-reactive ketones (excluding diaryl/α,β-unsaturated/α-hetero) is 1. The number of hydrogen-bond donors (Lipinski definition) is 1. The summed E-state index contributed by atoms with van der Waals surface area (Å²) in [6, 6.07) is 3.60. The van der Waals surface area contributed by atoms with Crippen molar-refractivity contribution in [2.24, 2.45) is 5.73 Å². The van der Waals surface area contributed by atoms with E-state index in [2.05, 4.69) is 6.92 Å². The van der Waals surface area contributed by atoms with Crippen molar-refractivity contribution in [3.05, 3.63) is 23.7 Å². The highest BCUT2D eigenvalue weighted by atomic mass is 16.3. The van der Waals surface area contributed by atoms with E-state index in [-0.39, 0.29) is 12.3 Å². The van der Waals surface area contributed by atoms with Gasteiger partial charge in [-0.05, 0) is 18.6 Å². The molecular weight excluding hydrogens is 202 g/mol. The van der Waals surface area contributed by atoms with Gasteiger partial charge in [0.25, 0.3) is 0 Å². The number of aryl methyl sites for hydroxylation is 1. The molecule has 1 aromatic heterocycles. The Labute approximate surface area is 97.0 Å². The molecule has 3 nitrogen and oxygen atoms in total. The Hall–Kier alpha value is -1.09. The molecule has 0 aliphatic carbocycles. The Balaban J connectivity index is 2.27. The SMILES string of the molecule is CCCCCCCc1ccc(C(=O)CN)o1. The van der Waals surface area contributed by atoms with Crippen LogP contribution in [0.2, 0.25) is 0 Å². The van der Waals surface area contributed by atoms with Crippen LogP contribution < -0.4 is 5.73 Å².